The van der Waals surface area contributed by atoms with Crippen molar-refractivity contribution in [1.82, 2.24) is 0 Å². The van der Waals surface area contributed by atoms with Gasteiger partial charge in [-0.1, -0.05) is 18.0 Å². The highest BCUT2D eigenvalue weighted by Crippen LogP contribution is 2.59. The minimum Gasteiger partial charge on any atom is -0.460 e. The zero-order chi connectivity index (χ0) is 20.4. The van der Waals surface area contributed by atoms with Crippen LogP contribution in [-0.4, -0.2) is 33.9 Å². The Morgan fingerprint density at radius 3 is 2.28 bits per heavy atom. The van der Waals surface area contributed by atoms with Crippen LogP contribution in [-0.2, 0) is 9.59 Å². The highest BCUT2D eigenvalue weighted by Gasteiger charge is 2.64. The number of halogens is 1. The van der Waals surface area contributed by atoms with Crippen molar-refractivity contribution in [1.29, 1.82) is 0 Å². The van der Waals surface area contributed by atoms with Crippen molar-refractivity contribution >= 4 is 29.1 Å². The molecule has 3 aliphatic carbocycles. The smallest absolute Gasteiger partial charge is 0.261 e. The van der Waals surface area contributed by atoms with E-state index >= 15 is 0 Å². The third-order valence-corrected chi connectivity index (χ3v) is 7.57. The summed E-state index contributed by atoms with van der Waals surface area (Å²) in [6.07, 6.45) is 5.59. The van der Waals surface area contributed by atoms with Gasteiger partial charge in [0.25, 0.3) is 11.8 Å². The molecular formula is C22H24ClNO5. The van der Waals surface area contributed by atoms with E-state index in [4.69, 9.17) is 16.3 Å². The Morgan fingerprint density at radius 1 is 1.03 bits per heavy atom. The molecule has 1 spiro atoms. The van der Waals surface area contributed by atoms with E-state index in [0.717, 1.165) is 19.3 Å². The number of anilines is 1. The van der Waals surface area contributed by atoms with E-state index in [1.165, 1.54) is 4.90 Å². The number of hydrogen-bond donors (Lipinski definition) is 2. The number of rotatable bonds is 3. The second-order valence-corrected chi connectivity index (χ2v) is 9.08. The Hall–Kier alpha value is -1.89. The minimum absolute atomic E-state index is 0.220. The molecule has 2 fully saturated rings. The van der Waals surface area contributed by atoms with E-state index in [0.29, 0.717) is 55.4 Å². The molecule has 1 aromatic rings. The summed E-state index contributed by atoms with van der Waals surface area (Å²) in [6.45, 7) is 0. The number of aliphatic hydroxyl groups excluding tert-OH is 1. The molecular weight excluding hydrogens is 394 g/mol. The van der Waals surface area contributed by atoms with Crippen molar-refractivity contribution in [2.45, 2.75) is 69.7 Å². The lowest BCUT2D eigenvalue weighted by atomic mass is 9.63. The molecule has 0 radical (unpaired) electrons. The van der Waals surface area contributed by atoms with Crippen LogP contribution in [0.3, 0.4) is 0 Å². The number of carbonyl (C=O) groups is 2. The number of carbonyl (C=O) groups excluding carboxylic acids is 2. The standard InChI is InChI=1S/C22H24ClNO5/c23-16-7-6-13(24-19(26)14-4-1-2-5-15(14)20(24)27)12-17(16)29-22(28)11-8-18(25)21(22)9-3-10-21/h6-7,12,18,25,28H,1-5,8-11H2. The fourth-order valence-corrected chi connectivity index (χ4v) is 5.57. The van der Waals surface area contributed by atoms with Gasteiger partial charge in [0.1, 0.15) is 5.75 Å². The first-order valence-electron chi connectivity index (χ1n) is 10.4. The molecule has 154 valence electrons. The molecule has 7 heteroatoms. The summed E-state index contributed by atoms with van der Waals surface area (Å²) < 4.78 is 6.01. The molecule has 2 amide bonds. The van der Waals surface area contributed by atoms with Gasteiger partial charge in [-0.05, 0) is 57.1 Å². The first kappa shape index (κ1) is 19.1. The number of nitrogens with zero attached hydrogens (tertiary/aromatic N) is 1. The molecule has 2 atom stereocenters. The number of hydrogen-bond acceptors (Lipinski definition) is 5. The summed E-state index contributed by atoms with van der Waals surface area (Å²) in [7, 11) is 0. The molecule has 2 unspecified atom stereocenters. The Bertz CT molecular complexity index is 909. The normalized spacial score (nSPS) is 30.7. The Kier molecular flexibility index (Phi) is 4.32. The first-order chi connectivity index (χ1) is 13.9. The molecule has 1 aromatic carbocycles. The summed E-state index contributed by atoms with van der Waals surface area (Å²) in [5.74, 6) is -1.84. The van der Waals surface area contributed by atoms with E-state index in [2.05, 4.69) is 0 Å². The lowest BCUT2D eigenvalue weighted by molar-refractivity contribution is -0.249. The number of amides is 2. The molecule has 4 aliphatic rings. The number of aliphatic hydroxyl groups is 2. The molecule has 2 saturated carbocycles. The van der Waals surface area contributed by atoms with Crippen LogP contribution in [0, 0.1) is 5.41 Å². The van der Waals surface area contributed by atoms with Gasteiger partial charge in [0.2, 0.25) is 5.79 Å². The van der Waals surface area contributed by atoms with Gasteiger partial charge >= 0.3 is 0 Å². The van der Waals surface area contributed by atoms with Crippen LogP contribution in [0.5, 0.6) is 5.75 Å². The molecule has 2 N–H and O–H groups in total. The molecule has 29 heavy (non-hydrogen) atoms. The van der Waals surface area contributed by atoms with Crippen molar-refractivity contribution in [2.24, 2.45) is 5.41 Å². The summed E-state index contributed by atoms with van der Waals surface area (Å²) in [6, 6.07) is 4.74. The summed E-state index contributed by atoms with van der Waals surface area (Å²) >= 11 is 6.33. The number of imide groups is 1. The predicted molar refractivity (Wildman–Crippen MR) is 107 cm³/mol. The van der Waals surface area contributed by atoms with Crippen LogP contribution < -0.4 is 9.64 Å². The van der Waals surface area contributed by atoms with Gasteiger partial charge in [0.05, 0.1) is 22.2 Å². The highest BCUT2D eigenvalue weighted by atomic mass is 35.5. The van der Waals surface area contributed by atoms with Crippen LogP contribution in [0.4, 0.5) is 5.69 Å². The zero-order valence-electron chi connectivity index (χ0n) is 16.1. The summed E-state index contributed by atoms with van der Waals surface area (Å²) in [5, 5.41) is 22.0. The van der Waals surface area contributed by atoms with Crippen LogP contribution in [0.25, 0.3) is 0 Å². The SMILES string of the molecule is O=C1C2=C(CCCC2)C(=O)N1c1ccc(Cl)c(OC2(O)CCC(O)C23CCC3)c1. The summed E-state index contributed by atoms with van der Waals surface area (Å²) in [4.78, 5) is 26.9. The fraction of sp³-hybridized carbons (Fsp3) is 0.545. The van der Waals surface area contributed by atoms with Gasteiger partial charge in [-0.3, -0.25) is 9.59 Å². The highest BCUT2D eigenvalue weighted by molar-refractivity contribution is 6.34. The Morgan fingerprint density at radius 2 is 1.69 bits per heavy atom. The van der Waals surface area contributed by atoms with Gasteiger partial charge in [-0.15, -0.1) is 0 Å². The molecule has 1 heterocycles. The van der Waals surface area contributed by atoms with Gasteiger partial charge in [0.15, 0.2) is 0 Å². The third kappa shape index (κ3) is 2.62. The molecule has 6 nitrogen and oxygen atoms in total. The molecule has 0 bridgehead atoms. The van der Waals surface area contributed by atoms with E-state index < -0.39 is 17.3 Å². The lowest BCUT2D eigenvalue weighted by Crippen LogP contribution is -2.56. The van der Waals surface area contributed by atoms with E-state index in [1.807, 2.05) is 0 Å². The van der Waals surface area contributed by atoms with Crippen LogP contribution in [0.2, 0.25) is 5.02 Å². The maximum absolute atomic E-state index is 12.8. The molecule has 5 rings (SSSR count). The maximum Gasteiger partial charge on any atom is 0.261 e. The molecule has 0 saturated heterocycles. The Labute approximate surface area is 174 Å². The van der Waals surface area contributed by atoms with Crippen molar-refractivity contribution in [2.75, 3.05) is 4.90 Å². The van der Waals surface area contributed by atoms with Crippen LogP contribution in [0.15, 0.2) is 29.3 Å². The maximum atomic E-state index is 12.8. The Balaban J connectivity index is 1.46. The molecule has 1 aliphatic heterocycles. The largest absolute Gasteiger partial charge is 0.460 e. The number of ether oxygens (including phenoxy) is 1. The van der Waals surface area contributed by atoms with Crippen molar-refractivity contribution in [3.05, 3.63) is 34.4 Å². The minimum atomic E-state index is -1.51. The van der Waals surface area contributed by atoms with E-state index in [9.17, 15) is 19.8 Å². The fourth-order valence-electron chi connectivity index (χ4n) is 5.42. The average molecular weight is 418 g/mol. The van der Waals surface area contributed by atoms with Crippen molar-refractivity contribution in [3.63, 3.8) is 0 Å². The quantitative estimate of drug-likeness (QED) is 0.580. The third-order valence-electron chi connectivity index (χ3n) is 7.26. The first-order valence-corrected chi connectivity index (χ1v) is 10.7. The van der Waals surface area contributed by atoms with Gasteiger partial charge in [-0.2, -0.15) is 0 Å². The zero-order valence-corrected chi connectivity index (χ0v) is 16.9. The second-order valence-electron chi connectivity index (χ2n) is 8.68. The molecule has 0 aromatic heterocycles. The monoisotopic (exact) mass is 417 g/mol. The average Bonchev–Trinajstić information content (AvgIpc) is 3.08. The topological polar surface area (TPSA) is 87.1 Å². The van der Waals surface area contributed by atoms with E-state index in [-0.39, 0.29) is 22.6 Å². The van der Waals surface area contributed by atoms with Gasteiger partial charge in [0, 0.05) is 23.6 Å². The van der Waals surface area contributed by atoms with E-state index in [1.54, 1.807) is 18.2 Å². The van der Waals surface area contributed by atoms with Gasteiger partial charge in [-0.25, -0.2) is 4.90 Å². The van der Waals surface area contributed by atoms with Crippen molar-refractivity contribution in [3.8, 4) is 5.75 Å². The van der Waals surface area contributed by atoms with Crippen LogP contribution >= 0.6 is 11.6 Å². The predicted octanol–water partition coefficient (Wildman–Crippen LogP) is 3.48. The second kappa shape index (κ2) is 6.56. The lowest BCUT2D eigenvalue weighted by Gasteiger charge is -2.49. The van der Waals surface area contributed by atoms with Crippen molar-refractivity contribution < 1.29 is 24.5 Å². The number of benzene rings is 1. The summed E-state index contributed by atoms with van der Waals surface area (Å²) in [5.41, 5.74) is 0.944. The van der Waals surface area contributed by atoms with Gasteiger partial charge < -0.3 is 14.9 Å². The van der Waals surface area contributed by atoms with Crippen LogP contribution in [0.1, 0.15) is 57.8 Å².